The van der Waals surface area contributed by atoms with Crippen molar-refractivity contribution in [3.05, 3.63) is 118 Å². The quantitative estimate of drug-likeness (QED) is 0.267. The summed E-state index contributed by atoms with van der Waals surface area (Å²) in [6.45, 7) is 1.70. The summed E-state index contributed by atoms with van der Waals surface area (Å²) >= 11 is 0. The fourth-order valence-electron chi connectivity index (χ4n) is 4.07. The summed E-state index contributed by atoms with van der Waals surface area (Å²) in [6, 6.07) is 23.3. The van der Waals surface area contributed by atoms with Gasteiger partial charge in [0.2, 0.25) is 5.56 Å². The van der Waals surface area contributed by atoms with Gasteiger partial charge in [0, 0.05) is 22.6 Å². The number of para-hydroxylation sites is 1. The molecule has 0 atom stereocenters. The van der Waals surface area contributed by atoms with Crippen molar-refractivity contribution in [3.63, 3.8) is 0 Å². The lowest BCUT2D eigenvalue weighted by molar-refractivity contribution is -0.137. The molecule has 37 heavy (non-hydrogen) atoms. The second-order valence-electron chi connectivity index (χ2n) is 8.41. The van der Waals surface area contributed by atoms with Crippen LogP contribution < -0.4 is 10.3 Å². The van der Waals surface area contributed by atoms with Gasteiger partial charge in [0.1, 0.15) is 11.5 Å². The Bertz CT molecular complexity index is 1740. The molecule has 1 aromatic heterocycles. The third-order valence-electron chi connectivity index (χ3n) is 5.92. The number of nitrogens with one attached hydrogen (secondary N) is 1. The number of ether oxygens (including phenoxy) is 1. The average Bonchev–Trinajstić information content (AvgIpc) is 2.88. The van der Waals surface area contributed by atoms with Crippen LogP contribution in [0.2, 0.25) is 0 Å². The van der Waals surface area contributed by atoms with E-state index in [2.05, 4.69) is 9.98 Å². The number of amides is 1. The third-order valence-corrected chi connectivity index (χ3v) is 5.92. The normalized spacial score (nSPS) is 12.2. The van der Waals surface area contributed by atoms with Crippen LogP contribution in [0.5, 0.6) is 11.5 Å². The van der Waals surface area contributed by atoms with E-state index in [9.17, 15) is 22.8 Å². The molecule has 5 aromatic rings. The van der Waals surface area contributed by atoms with Crippen molar-refractivity contribution in [3.8, 4) is 11.5 Å². The predicted octanol–water partition coefficient (Wildman–Crippen LogP) is 7.14. The number of pyridine rings is 1. The molecular weight excluding hydrogens is 481 g/mol. The minimum atomic E-state index is -4.42. The number of alkyl halides is 3. The van der Waals surface area contributed by atoms with Crippen molar-refractivity contribution < 1.29 is 22.7 Å². The zero-order valence-corrected chi connectivity index (χ0v) is 19.5. The first-order chi connectivity index (χ1) is 17.7. The first-order valence-corrected chi connectivity index (χ1v) is 11.3. The van der Waals surface area contributed by atoms with E-state index in [4.69, 9.17) is 4.74 Å². The number of carbonyl (C=O) groups is 1. The Hall–Kier alpha value is -4.72. The lowest BCUT2D eigenvalue weighted by Gasteiger charge is -2.11. The molecule has 0 saturated carbocycles. The first kappa shape index (κ1) is 24.0. The summed E-state index contributed by atoms with van der Waals surface area (Å²) in [5, 5.41) is 2.22. The van der Waals surface area contributed by atoms with Crippen LogP contribution in [-0.2, 0) is 6.18 Å². The molecule has 5 nitrogen and oxygen atoms in total. The Labute approximate surface area is 208 Å². The average molecular weight is 500 g/mol. The molecule has 1 N–H and O–H groups in total. The van der Waals surface area contributed by atoms with Crippen LogP contribution in [0.3, 0.4) is 0 Å². The number of aromatic amines is 1. The van der Waals surface area contributed by atoms with Gasteiger partial charge in [-0.3, -0.25) is 9.59 Å². The van der Waals surface area contributed by atoms with Gasteiger partial charge in [0.05, 0.1) is 16.8 Å². The largest absolute Gasteiger partial charge is 0.457 e. The molecule has 0 fully saturated rings. The molecule has 0 saturated heterocycles. The Morgan fingerprint density at radius 3 is 2.35 bits per heavy atom. The van der Waals surface area contributed by atoms with Gasteiger partial charge >= 0.3 is 6.18 Å². The second-order valence-corrected chi connectivity index (χ2v) is 8.41. The Morgan fingerprint density at radius 2 is 1.59 bits per heavy atom. The first-order valence-electron chi connectivity index (χ1n) is 11.3. The highest BCUT2D eigenvalue weighted by atomic mass is 19.4. The highest BCUT2D eigenvalue weighted by Gasteiger charge is 2.30. The molecule has 8 heteroatoms. The van der Waals surface area contributed by atoms with E-state index in [1.54, 1.807) is 55.5 Å². The Morgan fingerprint density at radius 1 is 0.865 bits per heavy atom. The molecule has 5 rings (SSSR count). The van der Waals surface area contributed by atoms with Gasteiger partial charge in [-0.15, -0.1) is 0 Å². The van der Waals surface area contributed by atoms with E-state index < -0.39 is 17.6 Å². The van der Waals surface area contributed by atoms with Gasteiger partial charge in [-0.2, -0.15) is 13.2 Å². The summed E-state index contributed by atoms with van der Waals surface area (Å²) in [6.07, 6.45) is -4.42. The summed E-state index contributed by atoms with van der Waals surface area (Å²) in [5.41, 5.74) is 1.06. The van der Waals surface area contributed by atoms with Crippen molar-refractivity contribution >= 4 is 33.3 Å². The number of halogens is 3. The van der Waals surface area contributed by atoms with Gasteiger partial charge in [0.15, 0.2) is 0 Å². The van der Waals surface area contributed by atoms with Crippen molar-refractivity contribution in [2.75, 3.05) is 0 Å². The summed E-state index contributed by atoms with van der Waals surface area (Å²) < 4.78 is 44.3. The van der Waals surface area contributed by atoms with Crippen molar-refractivity contribution in [2.24, 2.45) is 4.99 Å². The molecular formula is C29H19F3N2O3. The number of fused-ring (bicyclic) bond motifs is 2. The van der Waals surface area contributed by atoms with Crippen LogP contribution in [0.1, 0.15) is 28.4 Å². The zero-order chi connectivity index (χ0) is 26.2. The number of carbonyl (C=O) groups excluding carboxylic acids is 1. The SMILES string of the molecule is CC(=NC(=O)c1ccc2c(Oc3ccc(C(F)(F)F)cc3)cccc2c1)c1cccc2ccc(=O)[nH]c12. The minimum Gasteiger partial charge on any atom is -0.457 e. The number of hydrogen-bond donors (Lipinski definition) is 1. The van der Waals surface area contributed by atoms with Crippen LogP contribution in [0, 0.1) is 0 Å². The fourth-order valence-corrected chi connectivity index (χ4v) is 4.07. The van der Waals surface area contributed by atoms with Crippen molar-refractivity contribution in [1.82, 2.24) is 4.98 Å². The van der Waals surface area contributed by atoms with Crippen LogP contribution in [0.25, 0.3) is 21.7 Å². The molecule has 184 valence electrons. The van der Waals surface area contributed by atoms with E-state index in [-0.39, 0.29) is 11.3 Å². The number of aliphatic imine (C=N–C) groups is 1. The van der Waals surface area contributed by atoms with Gasteiger partial charge < -0.3 is 9.72 Å². The maximum absolute atomic E-state index is 13.0. The van der Waals surface area contributed by atoms with E-state index in [0.717, 1.165) is 17.5 Å². The molecule has 0 aliphatic rings. The molecule has 0 spiro atoms. The number of hydrogen-bond acceptors (Lipinski definition) is 3. The van der Waals surface area contributed by atoms with Crippen LogP contribution >= 0.6 is 0 Å². The standard InChI is InChI=1S/C29H19F3N2O3/c1-17(23-6-2-4-18-9-15-26(35)34-27(18)23)33-28(36)20-8-14-24-19(16-20)5-3-7-25(24)37-22-12-10-21(11-13-22)29(30,31)32/h2-16H,1H3,(H,34,35). The minimum absolute atomic E-state index is 0.247. The molecule has 1 heterocycles. The number of aromatic nitrogens is 1. The summed E-state index contributed by atoms with van der Waals surface area (Å²) in [5.74, 6) is 0.244. The van der Waals surface area contributed by atoms with Gasteiger partial charge in [-0.1, -0.05) is 30.3 Å². The molecule has 4 aromatic carbocycles. The molecule has 0 aliphatic heterocycles. The van der Waals surface area contributed by atoms with Gasteiger partial charge in [-0.05, 0) is 72.3 Å². The smallest absolute Gasteiger partial charge is 0.416 e. The number of benzene rings is 4. The van der Waals surface area contributed by atoms with E-state index in [0.29, 0.717) is 38.9 Å². The molecule has 1 amide bonds. The highest BCUT2D eigenvalue weighted by Crippen LogP contribution is 2.34. The second kappa shape index (κ2) is 9.39. The van der Waals surface area contributed by atoms with Crippen molar-refractivity contribution in [1.29, 1.82) is 0 Å². The fraction of sp³-hybridized carbons (Fsp3) is 0.0690. The third kappa shape index (κ3) is 4.99. The van der Waals surface area contributed by atoms with E-state index in [1.807, 2.05) is 12.1 Å². The monoisotopic (exact) mass is 500 g/mol. The van der Waals surface area contributed by atoms with E-state index in [1.165, 1.54) is 18.2 Å². The lowest BCUT2D eigenvalue weighted by atomic mass is 10.0. The van der Waals surface area contributed by atoms with Crippen LogP contribution in [0.15, 0.2) is 101 Å². The Kier molecular flexibility index (Phi) is 6.09. The van der Waals surface area contributed by atoms with Gasteiger partial charge in [0.25, 0.3) is 5.91 Å². The Balaban J connectivity index is 1.43. The topological polar surface area (TPSA) is 71.5 Å². The number of rotatable bonds is 4. The molecule has 0 aliphatic carbocycles. The zero-order valence-electron chi connectivity index (χ0n) is 19.5. The van der Waals surface area contributed by atoms with E-state index >= 15 is 0 Å². The van der Waals surface area contributed by atoms with Crippen LogP contribution in [-0.4, -0.2) is 16.6 Å². The highest BCUT2D eigenvalue weighted by molar-refractivity contribution is 6.14. The summed E-state index contributed by atoms with van der Waals surface area (Å²) in [7, 11) is 0. The maximum atomic E-state index is 13.0. The van der Waals surface area contributed by atoms with Crippen LogP contribution in [0.4, 0.5) is 13.2 Å². The molecule has 0 radical (unpaired) electrons. The lowest BCUT2D eigenvalue weighted by Crippen LogP contribution is -2.08. The molecule has 0 unspecified atom stereocenters. The number of H-pyrrole nitrogens is 1. The summed E-state index contributed by atoms with van der Waals surface area (Å²) in [4.78, 5) is 31.8. The van der Waals surface area contributed by atoms with Crippen molar-refractivity contribution in [2.45, 2.75) is 13.1 Å². The number of nitrogens with zero attached hydrogens (tertiary/aromatic N) is 1. The predicted molar refractivity (Wildman–Crippen MR) is 137 cm³/mol. The van der Waals surface area contributed by atoms with Gasteiger partial charge in [-0.25, -0.2) is 4.99 Å². The maximum Gasteiger partial charge on any atom is 0.416 e. The molecule has 0 bridgehead atoms.